The maximum Gasteiger partial charge on any atom is 0.271 e. The normalized spacial score (nSPS) is 10.8. The van der Waals surface area contributed by atoms with Crippen molar-refractivity contribution >= 4 is 56.9 Å². The molecule has 34 heavy (non-hydrogen) atoms. The molecule has 3 rings (SSSR count). The van der Waals surface area contributed by atoms with Gasteiger partial charge in [-0.25, -0.2) is 5.43 Å². The van der Waals surface area contributed by atoms with E-state index in [1.165, 1.54) is 30.5 Å². The molecule has 0 aromatic heterocycles. The number of hydrogen-bond acceptors (Lipinski definition) is 6. The number of nitro groups is 1. The summed E-state index contributed by atoms with van der Waals surface area (Å²) in [5.74, 6) is 0.364. The number of nitrogens with zero attached hydrogens (tertiary/aromatic N) is 2. The SMILES string of the molecule is CCOc1cc(/C=N\NC(=O)c2cccc([N+](=O)[O-])c2)cc(Br)c1OCc1ccc(Cl)cc1Cl. The number of rotatable bonds is 9. The number of nitrogens with one attached hydrogen (secondary N) is 1. The average molecular weight is 567 g/mol. The molecule has 0 aliphatic carbocycles. The van der Waals surface area contributed by atoms with Crippen LogP contribution in [0.4, 0.5) is 5.69 Å². The quantitative estimate of drug-likeness (QED) is 0.183. The fourth-order valence-corrected chi connectivity index (χ4v) is 3.88. The first-order valence-electron chi connectivity index (χ1n) is 9.89. The van der Waals surface area contributed by atoms with E-state index in [0.29, 0.717) is 38.2 Å². The molecule has 8 nitrogen and oxygen atoms in total. The molecule has 0 bridgehead atoms. The Hall–Kier alpha value is -3.14. The van der Waals surface area contributed by atoms with Gasteiger partial charge in [-0.2, -0.15) is 5.10 Å². The van der Waals surface area contributed by atoms with Crippen molar-refractivity contribution in [3.05, 3.63) is 95.9 Å². The van der Waals surface area contributed by atoms with E-state index in [4.69, 9.17) is 32.7 Å². The van der Waals surface area contributed by atoms with Crippen LogP contribution >= 0.6 is 39.1 Å². The molecule has 0 atom stereocenters. The summed E-state index contributed by atoms with van der Waals surface area (Å²) in [5.41, 5.74) is 3.66. The zero-order valence-electron chi connectivity index (χ0n) is 17.8. The van der Waals surface area contributed by atoms with Crippen molar-refractivity contribution in [3.63, 3.8) is 0 Å². The monoisotopic (exact) mass is 565 g/mol. The Balaban J connectivity index is 1.74. The van der Waals surface area contributed by atoms with E-state index in [-0.39, 0.29) is 17.9 Å². The molecule has 0 radical (unpaired) electrons. The van der Waals surface area contributed by atoms with Crippen LogP contribution in [-0.2, 0) is 6.61 Å². The molecule has 3 aromatic rings. The molecule has 0 unspecified atom stereocenters. The van der Waals surface area contributed by atoms with Crippen LogP contribution in [0.15, 0.2) is 64.2 Å². The van der Waals surface area contributed by atoms with E-state index in [1.807, 2.05) is 6.92 Å². The van der Waals surface area contributed by atoms with E-state index in [9.17, 15) is 14.9 Å². The van der Waals surface area contributed by atoms with Crippen molar-refractivity contribution in [2.24, 2.45) is 5.10 Å². The second kappa shape index (κ2) is 11.8. The fourth-order valence-electron chi connectivity index (χ4n) is 2.84. The lowest BCUT2D eigenvalue weighted by Crippen LogP contribution is -2.17. The number of carbonyl (C=O) groups is 1. The minimum atomic E-state index is -0.580. The minimum absolute atomic E-state index is 0.118. The first-order valence-corrected chi connectivity index (χ1v) is 11.4. The molecule has 3 aromatic carbocycles. The second-order valence-corrected chi connectivity index (χ2v) is 8.49. The molecule has 0 saturated heterocycles. The number of benzene rings is 3. The highest BCUT2D eigenvalue weighted by Crippen LogP contribution is 2.37. The van der Waals surface area contributed by atoms with Gasteiger partial charge in [0.05, 0.1) is 22.2 Å². The van der Waals surface area contributed by atoms with E-state index in [2.05, 4.69) is 26.5 Å². The van der Waals surface area contributed by atoms with E-state index < -0.39 is 10.8 Å². The average Bonchev–Trinajstić information content (AvgIpc) is 2.80. The Morgan fingerprint density at radius 3 is 2.68 bits per heavy atom. The number of amides is 1. The first kappa shape index (κ1) is 25.5. The highest BCUT2D eigenvalue weighted by atomic mass is 79.9. The van der Waals surface area contributed by atoms with Crippen molar-refractivity contribution in [1.82, 2.24) is 5.43 Å². The Labute approximate surface area is 213 Å². The largest absolute Gasteiger partial charge is 0.490 e. The van der Waals surface area contributed by atoms with Crippen LogP contribution in [0.2, 0.25) is 10.0 Å². The van der Waals surface area contributed by atoms with Crippen molar-refractivity contribution in [2.45, 2.75) is 13.5 Å². The van der Waals surface area contributed by atoms with Gasteiger partial charge in [-0.3, -0.25) is 14.9 Å². The molecule has 0 saturated carbocycles. The molecule has 0 heterocycles. The first-order chi connectivity index (χ1) is 16.3. The predicted molar refractivity (Wildman–Crippen MR) is 134 cm³/mol. The number of hydrazone groups is 1. The molecule has 11 heteroatoms. The number of non-ortho nitro benzene ring substituents is 1. The summed E-state index contributed by atoms with van der Waals surface area (Å²) in [4.78, 5) is 22.6. The second-order valence-electron chi connectivity index (χ2n) is 6.79. The summed E-state index contributed by atoms with van der Waals surface area (Å²) in [5, 5.41) is 15.8. The molecular weight excluding hydrogens is 549 g/mol. The summed E-state index contributed by atoms with van der Waals surface area (Å²) in [6, 6.07) is 14.0. The Morgan fingerprint density at radius 1 is 1.18 bits per heavy atom. The minimum Gasteiger partial charge on any atom is -0.490 e. The lowest BCUT2D eigenvalue weighted by Gasteiger charge is -2.15. The topological polar surface area (TPSA) is 103 Å². The third kappa shape index (κ3) is 6.69. The van der Waals surface area contributed by atoms with E-state index >= 15 is 0 Å². The van der Waals surface area contributed by atoms with Crippen LogP contribution in [-0.4, -0.2) is 23.7 Å². The van der Waals surface area contributed by atoms with Crippen molar-refractivity contribution in [3.8, 4) is 11.5 Å². The number of hydrogen-bond donors (Lipinski definition) is 1. The highest BCUT2D eigenvalue weighted by Gasteiger charge is 2.14. The predicted octanol–water partition coefficient (Wildman–Crippen LogP) is 6.41. The summed E-state index contributed by atoms with van der Waals surface area (Å²) in [7, 11) is 0. The van der Waals surface area contributed by atoms with Gasteiger partial charge in [0.15, 0.2) is 11.5 Å². The van der Waals surface area contributed by atoms with Gasteiger partial charge in [-0.05, 0) is 58.7 Å². The third-order valence-electron chi connectivity index (χ3n) is 4.42. The highest BCUT2D eigenvalue weighted by molar-refractivity contribution is 9.10. The van der Waals surface area contributed by atoms with Crippen molar-refractivity contribution in [1.29, 1.82) is 0 Å². The standard InChI is InChI=1S/C23H18BrCl2N3O5/c1-2-33-21-9-14(12-27-28-23(30)15-4-3-5-18(10-15)29(31)32)8-19(24)22(21)34-13-16-6-7-17(25)11-20(16)26/h3-12H,2,13H2,1H3,(H,28,30)/b27-12-. The summed E-state index contributed by atoms with van der Waals surface area (Å²) in [6.45, 7) is 2.43. The van der Waals surface area contributed by atoms with Crippen LogP contribution in [0.5, 0.6) is 11.5 Å². The molecule has 0 fully saturated rings. The molecule has 0 aliphatic rings. The molecule has 0 aliphatic heterocycles. The van der Waals surface area contributed by atoms with Gasteiger partial charge in [0.2, 0.25) is 0 Å². The van der Waals surface area contributed by atoms with E-state index in [0.717, 1.165) is 5.56 Å². The zero-order valence-corrected chi connectivity index (χ0v) is 20.9. The Bertz CT molecular complexity index is 1250. The van der Waals surface area contributed by atoms with Gasteiger partial charge < -0.3 is 9.47 Å². The van der Waals surface area contributed by atoms with Gasteiger partial charge in [-0.1, -0.05) is 35.3 Å². The third-order valence-corrected chi connectivity index (χ3v) is 5.59. The van der Waals surface area contributed by atoms with Gasteiger partial charge in [0, 0.05) is 33.3 Å². The fraction of sp³-hybridized carbons (Fsp3) is 0.130. The van der Waals surface area contributed by atoms with Gasteiger partial charge in [-0.15, -0.1) is 0 Å². The zero-order chi connectivity index (χ0) is 24.7. The van der Waals surface area contributed by atoms with Gasteiger partial charge in [0.25, 0.3) is 11.6 Å². The van der Waals surface area contributed by atoms with E-state index in [1.54, 1.807) is 30.3 Å². The Kier molecular flexibility index (Phi) is 8.86. The van der Waals surface area contributed by atoms with Crippen LogP contribution in [0.1, 0.15) is 28.4 Å². The molecule has 1 N–H and O–H groups in total. The van der Waals surface area contributed by atoms with Gasteiger partial charge >= 0.3 is 0 Å². The van der Waals surface area contributed by atoms with Crippen LogP contribution in [0, 0.1) is 10.1 Å². The number of halogens is 3. The number of nitro benzene ring substituents is 1. The maximum absolute atomic E-state index is 12.2. The van der Waals surface area contributed by atoms with Crippen LogP contribution in [0.25, 0.3) is 0 Å². The molecule has 176 valence electrons. The molecular formula is C23H18BrCl2N3O5. The van der Waals surface area contributed by atoms with Gasteiger partial charge in [0.1, 0.15) is 6.61 Å². The summed E-state index contributed by atoms with van der Waals surface area (Å²) in [6.07, 6.45) is 1.42. The molecule has 1 amide bonds. The van der Waals surface area contributed by atoms with Crippen molar-refractivity contribution in [2.75, 3.05) is 6.61 Å². The lowest BCUT2D eigenvalue weighted by atomic mass is 10.2. The summed E-state index contributed by atoms with van der Waals surface area (Å²) >= 11 is 15.6. The number of carbonyl (C=O) groups excluding carboxylic acids is 1. The maximum atomic E-state index is 12.2. The van der Waals surface area contributed by atoms with Crippen LogP contribution < -0.4 is 14.9 Å². The Morgan fingerprint density at radius 2 is 1.97 bits per heavy atom. The van der Waals surface area contributed by atoms with Crippen LogP contribution in [0.3, 0.4) is 0 Å². The lowest BCUT2D eigenvalue weighted by molar-refractivity contribution is -0.384. The smallest absolute Gasteiger partial charge is 0.271 e. The molecule has 0 spiro atoms. The van der Waals surface area contributed by atoms with Crippen molar-refractivity contribution < 1.29 is 19.2 Å². The summed E-state index contributed by atoms with van der Waals surface area (Å²) < 4.78 is 12.3. The number of ether oxygens (including phenoxy) is 2.